The van der Waals surface area contributed by atoms with Gasteiger partial charge in [0, 0.05) is 23.3 Å². The molecular formula is C19H26N4O4S2. The highest BCUT2D eigenvalue weighted by atomic mass is 32.2. The Balaban J connectivity index is 1.60. The first-order valence-corrected chi connectivity index (χ1v) is 12.3. The molecule has 158 valence electrons. The zero-order chi connectivity index (χ0) is 21.0. The maximum Gasteiger partial charge on any atom is 0.277 e. The number of aromatic nitrogens is 2. The van der Waals surface area contributed by atoms with Gasteiger partial charge in [-0.15, -0.1) is 10.2 Å². The number of thioether (sulfide) groups is 1. The molecule has 2 aromatic rings. The molecular weight excluding hydrogens is 412 g/mol. The highest BCUT2D eigenvalue weighted by Crippen LogP contribution is 2.27. The zero-order valence-electron chi connectivity index (χ0n) is 16.8. The molecule has 2 atom stereocenters. The molecule has 3 rings (SSSR count). The van der Waals surface area contributed by atoms with Crippen molar-refractivity contribution in [2.75, 3.05) is 16.2 Å². The SMILES string of the molecule is CCS(=O)(=O)Nc1ccc(-c2nnc(SCC(=O)N3[C@H](C)CCC[C@@H]3C)o2)cc1. The van der Waals surface area contributed by atoms with Crippen molar-refractivity contribution in [3.63, 3.8) is 0 Å². The van der Waals surface area contributed by atoms with Crippen molar-refractivity contribution < 1.29 is 17.6 Å². The van der Waals surface area contributed by atoms with Gasteiger partial charge in [0.25, 0.3) is 5.22 Å². The Morgan fingerprint density at radius 3 is 2.48 bits per heavy atom. The number of nitrogens with one attached hydrogen (secondary N) is 1. The van der Waals surface area contributed by atoms with Gasteiger partial charge >= 0.3 is 0 Å². The summed E-state index contributed by atoms with van der Waals surface area (Å²) in [5, 5.41) is 8.37. The Morgan fingerprint density at radius 1 is 1.21 bits per heavy atom. The minimum Gasteiger partial charge on any atom is -0.411 e. The van der Waals surface area contributed by atoms with Gasteiger partial charge in [0.2, 0.25) is 21.8 Å². The molecule has 1 saturated heterocycles. The van der Waals surface area contributed by atoms with Gasteiger partial charge in [0.05, 0.1) is 11.5 Å². The average molecular weight is 439 g/mol. The van der Waals surface area contributed by atoms with Gasteiger partial charge in [-0.1, -0.05) is 11.8 Å². The van der Waals surface area contributed by atoms with Gasteiger partial charge in [0.15, 0.2) is 0 Å². The third kappa shape index (κ3) is 5.51. The number of anilines is 1. The summed E-state index contributed by atoms with van der Waals surface area (Å²) < 4.78 is 31.4. The van der Waals surface area contributed by atoms with Crippen LogP contribution >= 0.6 is 11.8 Å². The molecule has 29 heavy (non-hydrogen) atoms. The van der Waals surface area contributed by atoms with Gasteiger partial charge in [-0.2, -0.15) is 0 Å². The second kappa shape index (κ2) is 9.17. The van der Waals surface area contributed by atoms with Gasteiger partial charge in [-0.05, 0) is 64.3 Å². The minimum absolute atomic E-state index is 0.00665. The highest BCUT2D eigenvalue weighted by molar-refractivity contribution is 7.99. The van der Waals surface area contributed by atoms with Gasteiger partial charge in [-0.3, -0.25) is 9.52 Å². The molecule has 0 radical (unpaired) electrons. The molecule has 8 nitrogen and oxygen atoms in total. The summed E-state index contributed by atoms with van der Waals surface area (Å²) in [5.74, 6) is 0.673. The van der Waals surface area contributed by atoms with Crippen LogP contribution in [0.4, 0.5) is 5.69 Å². The van der Waals surface area contributed by atoms with E-state index in [2.05, 4.69) is 28.8 Å². The zero-order valence-corrected chi connectivity index (χ0v) is 18.4. The number of amides is 1. The number of rotatable bonds is 7. The van der Waals surface area contributed by atoms with E-state index in [4.69, 9.17) is 4.42 Å². The van der Waals surface area contributed by atoms with Crippen LogP contribution in [0.15, 0.2) is 33.9 Å². The van der Waals surface area contributed by atoms with E-state index in [1.54, 1.807) is 31.2 Å². The van der Waals surface area contributed by atoms with Crippen molar-refractivity contribution in [1.82, 2.24) is 15.1 Å². The Hall–Kier alpha value is -2.07. The average Bonchev–Trinajstić information content (AvgIpc) is 3.15. The lowest BCUT2D eigenvalue weighted by atomic mass is 9.98. The van der Waals surface area contributed by atoms with Crippen LogP contribution in [0.2, 0.25) is 0 Å². The molecule has 0 unspecified atom stereocenters. The van der Waals surface area contributed by atoms with Gasteiger partial charge in [0.1, 0.15) is 0 Å². The molecule has 0 aliphatic carbocycles. The van der Waals surface area contributed by atoms with Crippen LogP contribution in [0.3, 0.4) is 0 Å². The quantitative estimate of drug-likeness (QED) is 0.661. The molecule has 1 fully saturated rings. The monoisotopic (exact) mass is 438 g/mol. The number of hydrogen-bond acceptors (Lipinski definition) is 7. The van der Waals surface area contributed by atoms with Crippen molar-refractivity contribution in [1.29, 1.82) is 0 Å². The summed E-state index contributed by atoms with van der Waals surface area (Å²) in [4.78, 5) is 14.6. The van der Waals surface area contributed by atoms with E-state index in [1.165, 1.54) is 11.8 Å². The first-order chi connectivity index (χ1) is 13.8. The van der Waals surface area contributed by atoms with E-state index in [1.807, 2.05) is 4.90 Å². The highest BCUT2D eigenvalue weighted by Gasteiger charge is 2.29. The third-order valence-electron chi connectivity index (χ3n) is 4.99. The summed E-state index contributed by atoms with van der Waals surface area (Å²) in [6, 6.07) is 7.21. The maximum absolute atomic E-state index is 12.6. The molecule has 0 bridgehead atoms. The molecule has 1 N–H and O–H groups in total. The number of hydrogen-bond donors (Lipinski definition) is 1. The number of carbonyl (C=O) groups excluding carboxylic acids is 1. The van der Waals surface area contributed by atoms with Crippen LogP contribution in [0, 0.1) is 0 Å². The largest absolute Gasteiger partial charge is 0.411 e. The number of carbonyl (C=O) groups is 1. The smallest absolute Gasteiger partial charge is 0.277 e. The topological polar surface area (TPSA) is 105 Å². The first kappa shape index (κ1) is 21.6. The summed E-state index contributed by atoms with van der Waals surface area (Å²) >= 11 is 1.23. The van der Waals surface area contributed by atoms with Crippen molar-refractivity contribution in [3.8, 4) is 11.5 Å². The Bertz CT molecular complexity index is 933. The van der Waals surface area contributed by atoms with E-state index in [0.29, 0.717) is 22.4 Å². The third-order valence-corrected chi connectivity index (χ3v) is 7.10. The fourth-order valence-corrected chi connectivity index (χ4v) is 4.70. The van der Waals surface area contributed by atoms with Gasteiger partial charge in [-0.25, -0.2) is 8.42 Å². The Kier molecular flexibility index (Phi) is 6.84. The Labute approximate surface area is 175 Å². The predicted molar refractivity (Wildman–Crippen MR) is 113 cm³/mol. The first-order valence-electron chi connectivity index (χ1n) is 9.67. The molecule has 2 heterocycles. The van der Waals surface area contributed by atoms with Gasteiger partial charge < -0.3 is 9.32 Å². The lowest BCUT2D eigenvalue weighted by Crippen LogP contribution is -2.48. The number of benzene rings is 1. The predicted octanol–water partition coefficient (Wildman–Crippen LogP) is 3.38. The summed E-state index contributed by atoms with van der Waals surface area (Å²) in [6.45, 7) is 5.76. The van der Waals surface area contributed by atoms with Crippen molar-refractivity contribution in [3.05, 3.63) is 24.3 Å². The number of piperidine rings is 1. The Morgan fingerprint density at radius 2 is 1.86 bits per heavy atom. The molecule has 1 amide bonds. The second-order valence-electron chi connectivity index (χ2n) is 7.17. The standard InChI is InChI=1S/C19H26N4O4S2/c1-4-29(25,26)22-16-10-8-15(9-11-16)18-20-21-19(27-18)28-12-17(24)23-13(2)6-5-7-14(23)3/h8-11,13-14,22H,4-7,12H2,1-3H3/t13-,14+. The van der Waals surface area contributed by atoms with E-state index < -0.39 is 10.0 Å². The minimum atomic E-state index is -3.32. The van der Waals surface area contributed by atoms with Crippen molar-refractivity contribution in [2.24, 2.45) is 0 Å². The maximum atomic E-state index is 12.6. The van der Waals surface area contributed by atoms with Crippen LogP contribution in [0.25, 0.3) is 11.5 Å². The van der Waals surface area contributed by atoms with Crippen molar-refractivity contribution >= 4 is 33.4 Å². The normalized spacial score (nSPS) is 19.9. The van der Waals surface area contributed by atoms with Crippen LogP contribution in [0.1, 0.15) is 40.0 Å². The van der Waals surface area contributed by atoms with Crippen LogP contribution in [0.5, 0.6) is 0 Å². The fraction of sp³-hybridized carbons (Fsp3) is 0.526. The van der Waals surface area contributed by atoms with E-state index >= 15 is 0 Å². The molecule has 1 aliphatic rings. The second-order valence-corrected chi connectivity index (χ2v) is 10.1. The van der Waals surface area contributed by atoms with Crippen LogP contribution in [-0.2, 0) is 14.8 Å². The summed E-state index contributed by atoms with van der Waals surface area (Å²) in [5.41, 5.74) is 1.15. The van der Waals surface area contributed by atoms with E-state index in [-0.39, 0.29) is 29.5 Å². The molecule has 0 saturated carbocycles. The van der Waals surface area contributed by atoms with E-state index in [9.17, 15) is 13.2 Å². The molecule has 1 aromatic carbocycles. The summed E-state index contributed by atoms with van der Waals surface area (Å²) in [7, 11) is -3.32. The molecule has 1 aromatic heterocycles. The van der Waals surface area contributed by atoms with Crippen LogP contribution < -0.4 is 4.72 Å². The molecule has 1 aliphatic heterocycles. The number of likely N-dealkylation sites (tertiary alicyclic amines) is 1. The summed E-state index contributed by atoms with van der Waals surface area (Å²) in [6.07, 6.45) is 3.23. The lowest BCUT2D eigenvalue weighted by Gasteiger charge is -2.39. The van der Waals surface area contributed by atoms with Crippen molar-refractivity contribution in [2.45, 2.75) is 57.3 Å². The number of sulfonamides is 1. The lowest BCUT2D eigenvalue weighted by molar-refractivity contribution is -0.134. The number of nitrogens with zero attached hydrogens (tertiary/aromatic N) is 3. The molecule has 10 heteroatoms. The fourth-order valence-electron chi connectivity index (χ4n) is 3.43. The van der Waals surface area contributed by atoms with E-state index in [0.717, 1.165) is 19.3 Å². The molecule has 0 spiro atoms. The van der Waals surface area contributed by atoms with Crippen LogP contribution in [-0.4, -0.2) is 53.0 Å².